The van der Waals surface area contributed by atoms with E-state index in [1.54, 1.807) is 7.11 Å². The molecule has 0 N–H and O–H groups in total. The Morgan fingerprint density at radius 2 is 1.77 bits per heavy atom. The van der Waals surface area contributed by atoms with Crippen LogP contribution in [0.2, 0.25) is 0 Å². The molecule has 0 aromatic heterocycles. The largest absolute Gasteiger partial charge is 0.497 e. The summed E-state index contributed by atoms with van der Waals surface area (Å²) in [6.45, 7) is 3.22. The Hall–Kier alpha value is -2.68. The standard InChI is InChI=1S/C27H31NO2/c1-3-28(22-12-11-20-9-5-6-10-21(20)17-22)25-19-27(15-7-4-8-16-27)30-26-14-13-23(29-2)18-24(25)26/h5-6,9-14,17-18,25H,3-4,7-8,15-16,19H2,1-2H3. The van der Waals surface area contributed by atoms with Gasteiger partial charge in [-0.25, -0.2) is 0 Å². The predicted molar refractivity (Wildman–Crippen MR) is 124 cm³/mol. The third kappa shape index (κ3) is 3.40. The van der Waals surface area contributed by atoms with Gasteiger partial charge in [0.2, 0.25) is 0 Å². The van der Waals surface area contributed by atoms with Crippen LogP contribution in [0.1, 0.15) is 57.1 Å². The normalized spacial score (nSPS) is 19.9. The second-order valence-corrected chi connectivity index (χ2v) is 8.79. The average Bonchev–Trinajstić information content (AvgIpc) is 2.79. The summed E-state index contributed by atoms with van der Waals surface area (Å²) < 4.78 is 12.3. The molecule has 3 aromatic rings. The fraction of sp³-hybridized carbons (Fsp3) is 0.407. The van der Waals surface area contributed by atoms with Crippen molar-refractivity contribution in [2.75, 3.05) is 18.6 Å². The number of benzene rings is 3. The van der Waals surface area contributed by atoms with Gasteiger partial charge in [-0.3, -0.25) is 0 Å². The molecule has 1 fully saturated rings. The van der Waals surface area contributed by atoms with Crippen molar-refractivity contribution in [2.45, 2.75) is 57.1 Å². The first-order valence-corrected chi connectivity index (χ1v) is 11.3. The Morgan fingerprint density at radius 3 is 2.53 bits per heavy atom. The van der Waals surface area contributed by atoms with Gasteiger partial charge in [0, 0.05) is 24.2 Å². The second kappa shape index (κ2) is 7.86. The molecule has 0 radical (unpaired) electrons. The zero-order valence-electron chi connectivity index (χ0n) is 18.1. The Kier molecular flexibility index (Phi) is 5.06. The molecule has 0 saturated heterocycles. The van der Waals surface area contributed by atoms with E-state index < -0.39 is 0 Å². The lowest BCUT2D eigenvalue weighted by atomic mass is 9.76. The lowest BCUT2D eigenvalue weighted by molar-refractivity contribution is 0.000879. The first-order valence-electron chi connectivity index (χ1n) is 11.3. The molecular weight excluding hydrogens is 370 g/mol. The van der Waals surface area contributed by atoms with E-state index >= 15 is 0 Å². The highest BCUT2D eigenvalue weighted by Gasteiger charge is 2.43. The Bertz CT molecular complexity index is 1040. The third-order valence-electron chi connectivity index (χ3n) is 7.01. The van der Waals surface area contributed by atoms with Crippen molar-refractivity contribution >= 4 is 16.5 Å². The number of rotatable bonds is 4. The van der Waals surface area contributed by atoms with Crippen molar-refractivity contribution in [3.63, 3.8) is 0 Å². The molecule has 5 rings (SSSR count). The quantitative estimate of drug-likeness (QED) is 0.474. The molecule has 0 bridgehead atoms. The van der Waals surface area contributed by atoms with Gasteiger partial charge in [-0.05, 0) is 73.7 Å². The highest BCUT2D eigenvalue weighted by molar-refractivity contribution is 5.86. The Balaban J connectivity index is 1.59. The molecule has 1 atom stereocenters. The highest BCUT2D eigenvalue weighted by atomic mass is 16.5. The summed E-state index contributed by atoms with van der Waals surface area (Å²) in [4.78, 5) is 2.56. The van der Waals surface area contributed by atoms with E-state index in [0.29, 0.717) is 0 Å². The zero-order valence-corrected chi connectivity index (χ0v) is 18.1. The molecule has 1 spiro atoms. The van der Waals surface area contributed by atoms with Gasteiger partial charge < -0.3 is 14.4 Å². The average molecular weight is 402 g/mol. The van der Waals surface area contributed by atoms with Gasteiger partial charge in [0.1, 0.15) is 17.1 Å². The third-order valence-corrected chi connectivity index (χ3v) is 7.01. The van der Waals surface area contributed by atoms with Crippen LogP contribution in [0, 0.1) is 0 Å². The predicted octanol–water partition coefficient (Wildman–Crippen LogP) is 6.90. The van der Waals surface area contributed by atoms with Crippen LogP contribution in [0.15, 0.2) is 60.7 Å². The van der Waals surface area contributed by atoms with E-state index in [-0.39, 0.29) is 11.6 Å². The van der Waals surface area contributed by atoms with Crippen molar-refractivity contribution in [1.29, 1.82) is 0 Å². The number of hydrogen-bond donors (Lipinski definition) is 0. The second-order valence-electron chi connectivity index (χ2n) is 8.79. The van der Waals surface area contributed by atoms with Gasteiger partial charge in [0.15, 0.2) is 0 Å². The first kappa shape index (κ1) is 19.3. The van der Waals surface area contributed by atoms with Crippen LogP contribution in [0.4, 0.5) is 5.69 Å². The molecule has 3 nitrogen and oxygen atoms in total. The molecule has 1 aliphatic heterocycles. The number of ether oxygens (including phenoxy) is 2. The van der Waals surface area contributed by atoms with Gasteiger partial charge in [-0.2, -0.15) is 0 Å². The summed E-state index contributed by atoms with van der Waals surface area (Å²) in [5.74, 6) is 1.93. The minimum atomic E-state index is -0.0330. The van der Waals surface area contributed by atoms with Crippen LogP contribution in [0.25, 0.3) is 10.8 Å². The summed E-state index contributed by atoms with van der Waals surface area (Å²) in [6, 6.07) is 22.1. The number of hydrogen-bond acceptors (Lipinski definition) is 3. The van der Waals surface area contributed by atoms with Gasteiger partial charge >= 0.3 is 0 Å². The van der Waals surface area contributed by atoms with E-state index in [1.807, 2.05) is 6.07 Å². The van der Waals surface area contributed by atoms with Crippen molar-refractivity contribution in [3.8, 4) is 11.5 Å². The minimum absolute atomic E-state index is 0.0330. The number of fused-ring (bicyclic) bond motifs is 2. The molecule has 1 aliphatic carbocycles. The maximum Gasteiger partial charge on any atom is 0.125 e. The molecule has 0 amide bonds. The topological polar surface area (TPSA) is 21.7 Å². The number of anilines is 1. The van der Waals surface area contributed by atoms with Crippen LogP contribution < -0.4 is 14.4 Å². The molecule has 2 aliphatic rings. The maximum atomic E-state index is 6.71. The van der Waals surface area contributed by atoms with Gasteiger partial charge in [-0.1, -0.05) is 36.8 Å². The van der Waals surface area contributed by atoms with Gasteiger partial charge in [-0.15, -0.1) is 0 Å². The van der Waals surface area contributed by atoms with Gasteiger partial charge in [0.05, 0.1) is 13.2 Å². The van der Waals surface area contributed by atoms with Crippen molar-refractivity contribution < 1.29 is 9.47 Å². The number of nitrogens with zero attached hydrogens (tertiary/aromatic N) is 1. The molecule has 3 heteroatoms. The molecule has 1 heterocycles. The molecule has 1 saturated carbocycles. The monoisotopic (exact) mass is 401 g/mol. The summed E-state index contributed by atoms with van der Waals surface area (Å²) in [5, 5.41) is 2.58. The van der Waals surface area contributed by atoms with E-state index in [0.717, 1.165) is 37.3 Å². The molecular formula is C27H31NO2. The summed E-state index contributed by atoms with van der Waals surface area (Å²) in [7, 11) is 1.74. The summed E-state index contributed by atoms with van der Waals surface area (Å²) in [6.07, 6.45) is 7.20. The molecule has 30 heavy (non-hydrogen) atoms. The van der Waals surface area contributed by atoms with Crippen LogP contribution in [-0.4, -0.2) is 19.3 Å². The zero-order chi connectivity index (χ0) is 20.6. The van der Waals surface area contributed by atoms with Gasteiger partial charge in [0.25, 0.3) is 0 Å². The summed E-state index contributed by atoms with van der Waals surface area (Å²) in [5.41, 5.74) is 2.50. The van der Waals surface area contributed by atoms with E-state index in [2.05, 4.69) is 66.4 Å². The lowest BCUT2D eigenvalue weighted by Crippen LogP contribution is -2.46. The van der Waals surface area contributed by atoms with Crippen LogP contribution in [0.3, 0.4) is 0 Å². The van der Waals surface area contributed by atoms with Crippen LogP contribution >= 0.6 is 0 Å². The van der Waals surface area contributed by atoms with Crippen molar-refractivity contribution in [1.82, 2.24) is 0 Å². The van der Waals surface area contributed by atoms with Crippen molar-refractivity contribution in [3.05, 3.63) is 66.2 Å². The van der Waals surface area contributed by atoms with E-state index in [9.17, 15) is 0 Å². The van der Waals surface area contributed by atoms with E-state index in [4.69, 9.17) is 9.47 Å². The van der Waals surface area contributed by atoms with Crippen molar-refractivity contribution in [2.24, 2.45) is 0 Å². The lowest BCUT2D eigenvalue weighted by Gasteiger charge is -2.48. The SMILES string of the molecule is CCN(c1ccc2ccccc2c1)C1CC2(CCCCC2)Oc2ccc(OC)cc21. The Morgan fingerprint density at radius 1 is 0.967 bits per heavy atom. The maximum absolute atomic E-state index is 6.71. The minimum Gasteiger partial charge on any atom is -0.497 e. The molecule has 1 unspecified atom stereocenters. The fourth-order valence-corrected chi connectivity index (χ4v) is 5.46. The number of methoxy groups -OCH3 is 1. The highest BCUT2D eigenvalue weighted by Crippen LogP contribution is 2.50. The van der Waals surface area contributed by atoms with Crippen LogP contribution in [0.5, 0.6) is 11.5 Å². The van der Waals surface area contributed by atoms with E-state index in [1.165, 1.54) is 41.3 Å². The Labute approximate surface area is 179 Å². The molecule has 156 valence electrons. The molecule has 3 aromatic carbocycles. The van der Waals surface area contributed by atoms with Crippen LogP contribution in [-0.2, 0) is 0 Å². The fourth-order valence-electron chi connectivity index (χ4n) is 5.46. The first-order chi connectivity index (χ1) is 14.7. The smallest absolute Gasteiger partial charge is 0.125 e. The summed E-state index contributed by atoms with van der Waals surface area (Å²) >= 11 is 0.